The van der Waals surface area contributed by atoms with Gasteiger partial charge in [0.1, 0.15) is 12.4 Å². The van der Waals surface area contributed by atoms with Gasteiger partial charge in [0.2, 0.25) is 0 Å². The second-order valence-corrected chi connectivity index (χ2v) is 7.30. The molecule has 2 aromatic rings. The molecule has 6 heteroatoms. The molecule has 0 saturated carbocycles. The van der Waals surface area contributed by atoms with Crippen molar-refractivity contribution < 1.29 is 9.53 Å². The van der Waals surface area contributed by atoms with E-state index in [1.165, 1.54) is 0 Å². The van der Waals surface area contributed by atoms with Crippen molar-refractivity contribution in [3.05, 3.63) is 76.0 Å². The Morgan fingerprint density at radius 1 is 1.19 bits per heavy atom. The average Bonchev–Trinajstić information content (AvgIpc) is 2.65. The van der Waals surface area contributed by atoms with Crippen molar-refractivity contribution in [1.82, 2.24) is 10.2 Å². The Labute approximate surface area is 169 Å². The minimum Gasteiger partial charge on any atom is -0.489 e. The second kappa shape index (κ2) is 8.11. The van der Waals surface area contributed by atoms with Gasteiger partial charge >= 0.3 is 0 Å². The van der Waals surface area contributed by atoms with Gasteiger partial charge in [-0.3, -0.25) is 4.79 Å². The van der Waals surface area contributed by atoms with Crippen LogP contribution in [0.2, 0.25) is 5.02 Å². The van der Waals surface area contributed by atoms with E-state index < -0.39 is 0 Å². The van der Waals surface area contributed by atoms with Crippen molar-refractivity contribution in [1.29, 1.82) is 0 Å². The lowest BCUT2D eigenvalue weighted by Gasteiger charge is -2.35. The molecular formula is C21H21ClN2O2S. The van der Waals surface area contributed by atoms with E-state index in [4.69, 9.17) is 28.6 Å². The van der Waals surface area contributed by atoms with E-state index in [0.29, 0.717) is 16.7 Å². The Balaban J connectivity index is 1.77. The number of halogens is 1. The zero-order valence-electron chi connectivity index (χ0n) is 15.5. The Morgan fingerprint density at radius 2 is 1.81 bits per heavy atom. The van der Waals surface area contributed by atoms with Gasteiger partial charge in [-0.15, -0.1) is 0 Å². The summed E-state index contributed by atoms with van der Waals surface area (Å²) in [6.45, 7) is 3.96. The molecular weight excluding hydrogens is 380 g/mol. The number of ether oxygens (including phenoxy) is 1. The van der Waals surface area contributed by atoms with Crippen molar-refractivity contribution in [2.75, 3.05) is 7.05 Å². The number of thiocarbonyl (C=S) groups is 1. The zero-order valence-corrected chi connectivity index (χ0v) is 17.0. The van der Waals surface area contributed by atoms with Gasteiger partial charge in [-0.05, 0) is 61.5 Å². The van der Waals surface area contributed by atoms with Gasteiger partial charge in [-0.2, -0.15) is 0 Å². The number of carbonyl (C=O) groups excluding carboxylic acids is 1. The summed E-state index contributed by atoms with van der Waals surface area (Å²) in [5.41, 5.74) is 3.61. The number of Topliss-reactive ketones (excluding diaryl/α,β-unsaturated/α-hetero) is 1. The smallest absolute Gasteiger partial charge is 0.173 e. The minimum absolute atomic E-state index is 0.0300. The molecule has 1 unspecified atom stereocenters. The number of hydrogen-bond donors (Lipinski definition) is 1. The first-order valence-electron chi connectivity index (χ1n) is 8.60. The third-order valence-electron chi connectivity index (χ3n) is 4.67. The number of rotatable bonds is 5. The van der Waals surface area contributed by atoms with Gasteiger partial charge in [-0.1, -0.05) is 35.9 Å². The van der Waals surface area contributed by atoms with Crippen molar-refractivity contribution in [3.8, 4) is 5.75 Å². The van der Waals surface area contributed by atoms with E-state index in [-0.39, 0.29) is 11.8 Å². The predicted molar refractivity (Wildman–Crippen MR) is 112 cm³/mol. The number of benzene rings is 2. The summed E-state index contributed by atoms with van der Waals surface area (Å²) in [6, 6.07) is 15.0. The number of allylic oxidation sites excluding steroid dienone is 1. The monoisotopic (exact) mass is 400 g/mol. The van der Waals surface area contributed by atoms with Crippen LogP contribution in [0.3, 0.4) is 0 Å². The summed E-state index contributed by atoms with van der Waals surface area (Å²) in [7, 11) is 1.86. The van der Waals surface area contributed by atoms with Crippen LogP contribution >= 0.6 is 23.8 Å². The van der Waals surface area contributed by atoms with Crippen LogP contribution < -0.4 is 10.1 Å². The first-order chi connectivity index (χ1) is 12.9. The summed E-state index contributed by atoms with van der Waals surface area (Å²) < 4.78 is 5.83. The molecule has 3 rings (SSSR count). The Morgan fingerprint density at radius 3 is 2.41 bits per heavy atom. The zero-order chi connectivity index (χ0) is 19.6. The molecule has 2 aromatic carbocycles. The molecule has 0 radical (unpaired) electrons. The molecule has 0 amide bonds. The summed E-state index contributed by atoms with van der Waals surface area (Å²) in [5, 5.41) is 4.56. The lowest BCUT2D eigenvalue weighted by Crippen LogP contribution is -2.45. The number of nitrogens with one attached hydrogen (secondary N) is 1. The molecule has 27 heavy (non-hydrogen) atoms. The number of ketones is 1. The normalized spacial score (nSPS) is 17.0. The molecule has 0 spiro atoms. The molecule has 1 atom stereocenters. The van der Waals surface area contributed by atoms with E-state index in [9.17, 15) is 4.79 Å². The van der Waals surface area contributed by atoms with Gasteiger partial charge in [0.15, 0.2) is 10.9 Å². The summed E-state index contributed by atoms with van der Waals surface area (Å²) in [5.74, 6) is 0.789. The third kappa shape index (κ3) is 4.31. The standard InChI is InChI=1S/C21H21ClN2O2S/c1-13-19(14(2)25)20(23-21(27)24(13)3)16-6-10-18(11-7-16)26-12-15-4-8-17(22)9-5-15/h4-11,20H,12H2,1-3H3,(H,23,27). The van der Waals surface area contributed by atoms with E-state index in [2.05, 4.69) is 5.32 Å². The largest absolute Gasteiger partial charge is 0.489 e. The van der Waals surface area contributed by atoms with Crippen molar-refractivity contribution in [3.63, 3.8) is 0 Å². The Kier molecular flexibility index (Phi) is 5.82. The van der Waals surface area contributed by atoms with Crippen molar-refractivity contribution in [2.45, 2.75) is 26.5 Å². The number of carbonyl (C=O) groups is 1. The molecule has 1 heterocycles. The van der Waals surface area contributed by atoms with Crippen molar-refractivity contribution in [2.24, 2.45) is 0 Å². The predicted octanol–water partition coefficient (Wildman–Crippen LogP) is 4.64. The van der Waals surface area contributed by atoms with Crippen molar-refractivity contribution >= 4 is 34.7 Å². The summed E-state index contributed by atoms with van der Waals surface area (Å²) in [4.78, 5) is 14.0. The molecule has 4 nitrogen and oxygen atoms in total. The molecule has 1 N–H and O–H groups in total. The summed E-state index contributed by atoms with van der Waals surface area (Å²) in [6.07, 6.45) is 0. The Bertz CT molecular complexity index is 891. The topological polar surface area (TPSA) is 41.6 Å². The number of hydrogen-bond acceptors (Lipinski definition) is 3. The lowest BCUT2D eigenvalue weighted by molar-refractivity contribution is -0.114. The molecule has 140 valence electrons. The molecule has 1 aliphatic rings. The fourth-order valence-corrected chi connectivity index (χ4v) is 3.43. The third-order valence-corrected chi connectivity index (χ3v) is 5.31. The maximum atomic E-state index is 12.2. The quantitative estimate of drug-likeness (QED) is 0.740. The van der Waals surface area contributed by atoms with E-state index in [0.717, 1.165) is 28.1 Å². The highest BCUT2D eigenvalue weighted by molar-refractivity contribution is 7.80. The minimum atomic E-state index is -0.253. The highest BCUT2D eigenvalue weighted by atomic mass is 35.5. The summed E-state index contributed by atoms with van der Waals surface area (Å²) >= 11 is 11.3. The highest BCUT2D eigenvalue weighted by Gasteiger charge is 2.30. The molecule has 0 fully saturated rings. The molecule has 0 aromatic heterocycles. The number of nitrogens with zero attached hydrogens (tertiary/aromatic N) is 1. The van der Waals surface area contributed by atoms with Gasteiger partial charge in [0, 0.05) is 23.3 Å². The van der Waals surface area contributed by atoms with E-state index in [1.54, 1.807) is 6.92 Å². The van der Waals surface area contributed by atoms with Gasteiger partial charge in [0.25, 0.3) is 0 Å². The van der Waals surface area contributed by atoms with E-state index in [1.807, 2.05) is 67.4 Å². The second-order valence-electron chi connectivity index (χ2n) is 6.48. The molecule has 0 aliphatic carbocycles. The van der Waals surface area contributed by atoms with Crippen LogP contribution in [0.25, 0.3) is 0 Å². The van der Waals surface area contributed by atoms with Crippen LogP contribution in [-0.4, -0.2) is 22.8 Å². The maximum absolute atomic E-state index is 12.2. The van der Waals surface area contributed by atoms with E-state index >= 15 is 0 Å². The van der Waals surface area contributed by atoms with Gasteiger partial charge in [0.05, 0.1) is 6.04 Å². The van der Waals surface area contributed by atoms with Gasteiger partial charge < -0.3 is 15.0 Å². The SMILES string of the molecule is CC(=O)C1=C(C)N(C)C(=S)NC1c1ccc(OCc2ccc(Cl)cc2)cc1. The van der Waals surface area contributed by atoms with Gasteiger partial charge in [-0.25, -0.2) is 0 Å². The van der Waals surface area contributed by atoms with Crippen LogP contribution in [0.4, 0.5) is 0 Å². The van der Waals surface area contributed by atoms with Crippen LogP contribution in [0, 0.1) is 0 Å². The first kappa shape index (κ1) is 19.4. The fourth-order valence-electron chi connectivity index (χ4n) is 3.05. The fraction of sp³-hybridized carbons (Fsp3) is 0.238. The van der Waals surface area contributed by atoms with Crippen LogP contribution in [0.1, 0.15) is 31.0 Å². The maximum Gasteiger partial charge on any atom is 0.173 e. The average molecular weight is 401 g/mol. The lowest BCUT2D eigenvalue weighted by atomic mass is 9.92. The molecule has 1 aliphatic heterocycles. The highest BCUT2D eigenvalue weighted by Crippen LogP contribution is 2.31. The Hall–Kier alpha value is -2.37. The van der Waals surface area contributed by atoms with Crippen LogP contribution in [0.5, 0.6) is 5.75 Å². The van der Waals surface area contributed by atoms with Crippen LogP contribution in [-0.2, 0) is 11.4 Å². The molecule has 0 saturated heterocycles. The molecule has 0 bridgehead atoms. The van der Waals surface area contributed by atoms with Crippen LogP contribution in [0.15, 0.2) is 59.8 Å². The first-order valence-corrected chi connectivity index (χ1v) is 9.38.